The van der Waals surface area contributed by atoms with Crippen molar-refractivity contribution in [1.82, 2.24) is 14.9 Å². The standard InChI is InChI=1S/C20H18F3N3O2/c1-13-4-2-7-16-18(13)25-12-26(19(16)28)9-8-17(27)24-11-14-5-3-6-15(10-14)20(21,22)23/h2-7,10,12H,8-9,11H2,1H3,(H,24,27). The van der Waals surface area contributed by atoms with Gasteiger partial charge in [-0.25, -0.2) is 4.98 Å². The molecular formula is C20H18F3N3O2. The highest BCUT2D eigenvalue weighted by molar-refractivity contribution is 5.80. The smallest absolute Gasteiger partial charge is 0.352 e. The van der Waals surface area contributed by atoms with Crippen LogP contribution in [0.5, 0.6) is 0 Å². The molecule has 0 unspecified atom stereocenters. The van der Waals surface area contributed by atoms with E-state index in [0.29, 0.717) is 16.5 Å². The van der Waals surface area contributed by atoms with Gasteiger partial charge >= 0.3 is 6.18 Å². The molecule has 0 aliphatic heterocycles. The van der Waals surface area contributed by atoms with E-state index in [1.165, 1.54) is 23.0 Å². The van der Waals surface area contributed by atoms with Crippen LogP contribution >= 0.6 is 0 Å². The van der Waals surface area contributed by atoms with Crippen molar-refractivity contribution in [3.8, 4) is 0 Å². The number of aromatic nitrogens is 2. The molecule has 8 heteroatoms. The Labute approximate surface area is 158 Å². The normalized spacial score (nSPS) is 11.6. The number of rotatable bonds is 5. The van der Waals surface area contributed by atoms with Crippen LogP contribution in [0.25, 0.3) is 10.9 Å². The highest BCUT2D eigenvalue weighted by Gasteiger charge is 2.30. The van der Waals surface area contributed by atoms with Crippen LogP contribution in [0.3, 0.4) is 0 Å². The summed E-state index contributed by atoms with van der Waals surface area (Å²) in [5.74, 6) is -0.367. The van der Waals surface area contributed by atoms with Crippen LogP contribution in [0.2, 0.25) is 0 Å². The Kier molecular flexibility index (Phi) is 5.48. The zero-order valence-electron chi connectivity index (χ0n) is 15.1. The van der Waals surface area contributed by atoms with Crippen molar-refractivity contribution in [3.05, 3.63) is 75.8 Å². The lowest BCUT2D eigenvalue weighted by Gasteiger charge is -2.10. The van der Waals surface area contributed by atoms with Gasteiger partial charge in [0, 0.05) is 19.5 Å². The molecule has 0 saturated heterocycles. The first-order valence-corrected chi connectivity index (χ1v) is 8.63. The fraction of sp³-hybridized carbons (Fsp3) is 0.250. The van der Waals surface area contributed by atoms with Gasteiger partial charge < -0.3 is 5.32 Å². The molecule has 0 aliphatic rings. The second-order valence-electron chi connectivity index (χ2n) is 6.44. The van der Waals surface area contributed by atoms with Crippen LogP contribution in [0.4, 0.5) is 13.2 Å². The number of halogens is 3. The van der Waals surface area contributed by atoms with E-state index < -0.39 is 11.7 Å². The first kappa shape index (κ1) is 19.6. The lowest BCUT2D eigenvalue weighted by atomic mass is 10.1. The van der Waals surface area contributed by atoms with E-state index in [9.17, 15) is 22.8 Å². The summed E-state index contributed by atoms with van der Waals surface area (Å²) in [6, 6.07) is 10.1. The number of carbonyl (C=O) groups excluding carboxylic acids is 1. The molecule has 0 atom stereocenters. The van der Waals surface area contributed by atoms with Gasteiger partial charge in [-0.3, -0.25) is 14.2 Å². The molecule has 0 spiro atoms. The predicted molar refractivity (Wildman–Crippen MR) is 98.6 cm³/mol. The Morgan fingerprint density at radius 3 is 2.68 bits per heavy atom. The van der Waals surface area contributed by atoms with Gasteiger partial charge in [0.15, 0.2) is 0 Å². The molecule has 0 saturated carbocycles. The van der Waals surface area contributed by atoms with Crippen molar-refractivity contribution in [2.24, 2.45) is 0 Å². The molecule has 0 aliphatic carbocycles. The molecule has 0 fully saturated rings. The molecule has 1 amide bonds. The van der Waals surface area contributed by atoms with Crippen LogP contribution in [-0.2, 0) is 24.1 Å². The molecule has 1 N–H and O–H groups in total. The maximum atomic E-state index is 12.7. The van der Waals surface area contributed by atoms with Crippen molar-refractivity contribution >= 4 is 16.8 Å². The summed E-state index contributed by atoms with van der Waals surface area (Å²) < 4.78 is 39.5. The van der Waals surface area contributed by atoms with E-state index in [-0.39, 0.29) is 31.0 Å². The van der Waals surface area contributed by atoms with Crippen molar-refractivity contribution in [3.63, 3.8) is 0 Å². The highest BCUT2D eigenvalue weighted by Crippen LogP contribution is 2.29. The SMILES string of the molecule is Cc1cccc2c(=O)n(CCC(=O)NCc3cccc(C(F)(F)F)c3)cnc12. The predicted octanol–water partition coefficient (Wildman–Crippen LogP) is 3.43. The summed E-state index contributed by atoms with van der Waals surface area (Å²) in [4.78, 5) is 28.8. The summed E-state index contributed by atoms with van der Waals surface area (Å²) in [7, 11) is 0. The number of para-hydroxylation sites is 1. The summed E-state index contributed by atoms with van der Waals surface area (Å²) in [6.07, 6.45) is -3.02. The van der Waals surface area contributed by atoms with Crippen LogP contribution in [-0.4, -0.2) is 15.5 Å². The number of amides is 1. The average Bonchev–Trinajstić information content (AvgIpc) is 2.66. The number of fused-ring (bicyclic) bond motifs is 1. The molecule has 3 aromatic rings. The van der Waals surface area contributed by atoms with Crippen LogP contribution in [0.1, 0.15) is 23.1 Å². The molecule has 0 radical (unpaired) electrons. The Bertz CT molecular complexity index is 1070. The van der Waals surface area contributed by atoms with E-state index >= 15 is 0 Å². The lowest BCUT2D eigenvalue weighted by Crippen LogP contribution is -2.27. The molecule has 5 nitrogen and oxygen atoms in total. The summed E-state index contributed by atoms with van der Waals surface area (Å²) in [5.41, 5.74) is 0.865. The molecule has 3 rings (SSSR count). The minimum Gasteiger partial charge on any atom is -0.352 e. The minimum absolute atomic E-state index is 0.0118. The Morgan fingerprint density at radius 2 is 1.93 bits per heavy atom. The third-order valence-corrected chi connectivity index (χ3v) is 4.38. The maximum Gasteiger partial charge on any atom is 0.416 e. The quantitative estimate of drug-likeness (QED) is 0.727. The van der Waals surface area contributed by atoms with E-state index in [1.807, 2.05) is 13.0 Å². The van der Waals surface area contributed by atoms with E-state index in [2.05, 4.69) is 10.3 Å². The summed E-state index contributed by atoms with van der Waals surface area (Å²) in [5, 5.41) is 3.05. The van der Waals surface area contributed by atoms with E-state index in [0.717, 1.165) is 17.7 Å². The Morgan fingerprint density at radius 1 is 1.18 bits per heavy atom. The van der Waals surface area contributed by atoms with Crippen molar-refractivity contribution < 1.29 is 18.0 Å². The van der Waals surface area contributed by atoms with Crippen molar-refractivity contribution in [2.45, 2.75) is 32.6 Å². The van der Waals surface area contributed by atoms with Gasteiger partial charge in [-0.05, 0) is 36.2 Å². The number of aryl methyl sites for hydroxylation is 2. The summed E-state index contributed by atoms with van der Waals surface area (Å²) >= 11 is 0. The average molecular weight is 389 g/mol. The van der Waals surface area contributed by atoms with E-state index in [1.54, 1.807) is 12.1 Å². The molecule has 28 heavy (non-hydrogen) atoms. The van der Waals surface area contributed by atoms with Gasteiger partial charge in [0.2, 0.25) is 5.91 Å². The minimum atomic E-state index is -4.43. The van der Waals surface area contributed by atoms with Gasteiger partial charge in [0.1, 0.15) is 0 Å². The lowest BCUT2D eigenvalue weighted by molar-refractivity contribution is -0.137. The molecule has 2 aromatic carbocycles. The number of nitrogens with zero attached hydrogens (tertiary/aromatic N) is 2. The number of nitrogens with one attached hydrogen (secondary N) is 1. The number of benzene rings is 2. The highest BCUT2D eigenvalue weighted by atomic mass is 19.4. The number of carbonyl (C=O) groups is 1. The van der Waals surface area contributed by atoms with Crippen LogP contribution in [0, 0.1) is 6.92 Å². The second kappa shape index (κ2) is 7.84. The largest absolute Gasteiger partial charge is 0.416 e. The molecular weight excluding hydrogens is 371 g/mol. The van der Waals surface area contributed by atoms with Gasteiger partial charge in [0.25, 0.3) is 5.56 Å². The van der Waals surface area contributed by atoms with Gasteiger partial charge in [0.05, 0.1) is 22.8 Å². The molecule has 1 heterocycles. The van der Waals surface area contributed by atoms with Crippen molar-refractivity contribution in [1.29, 1.82) is 0 Å². The molecule has 146 valence electrons. The number of hydrogen-bond acceptors (Lipinski definition) is 3. The van der Waals surface area contributed by atoms with Crippen LogP contribution in [0.15, 0.2) is 53.6 Å². The zero-order chi connectivity index (χ0) is 20.3. The first-order chi connectivity index (χ1) is 13.3. The van der Waals surface area contributed by atoms with Gasteiger partial charge in [-0.15, -0.1) is 0 Å². The number of hydrogen-bond donors (Lipinski definition) is 1. The first-order valence-electron chi connectivity index (χ1n) is 8.63. The molecule has 0 bridgehead atoms. The van der Waals surface area contributed by atoms with Crippen molar-refractivity contribution in [2.75, 3.05) is 0 Å². The van der Waals surface area contributed by atoms with Crippen LogP contribution < -0.4 is 10.9 Å². The number of alkyl halides is 3. The fourth-order valence-corrected chi connectivity index (χ4v) is 2.87. The maximum absolute atomic E-state index is 12.7. The second-order valence-corrected chi connectivity index (χ2v) is 6.44. The topological polar surface area (TPSA) is 64.0 Å². The monoisotopic (exact) mass is 389 g/mol. The summed E-state index contributed by atoms with van der Waals surface area (Å²) in [6.45, 7) is 1.97. The Balaban J connectivity index is 1.62. The fourth-order valence-electron chi connectivity index (χ4n) is 2.87. The van der Waals surface area contributed by atoms with Gasteiger partial charge in [-0.1, -0.05) is 24.3 Å². The Hall–Kier alpha value is -3.16. The zero-order valence-corrected chi connectivity index (χ0v) is 15.1. The van der Waals surface area contributed by atoms with E-state index in [4.69, 9.17) is 0 Å². The third kappa shape index (κ3) is 4.39. The third-order valence-electron chi connectivity index (χ3n) is 4.38. The molecule has 1 aromatic heterocycles. The van der Waals surface area contributed by atoms with Gasteiger partial charge in [-0.2, -0.15) is 13.2 Å².